The SMILES string of the molecule is CCOc1ccc(NS(=O)(=O)c2cc(C(=O)N3CCCCC3CC)ccc2C)cc1. The summed E-state index contributed by atoms with van der Waals surface area (Å²) in [7, 11) is -3.84. The van der Waals surface area contributed by atoms with Gasteiger partial charge in [0.2, 0.25) is 0 Å². The lowest BCUT2D eigenvalue weighted by Crippen LogP contribution is -2.43. The maximum Gasteiger partial charge on any atom is 0.262 e. The van der Waals surface area contributed by atoms with E-state index in [2.05, 4.69) is 11.6 Å². The molecular weight excluding hydrogens is 400 g/mol. The molecule has 1 aliphatic rings. The molecule has 1 heterocycles. The molecule has 2 aromatic rings. The van der Waals surface area contributed by atoms with E-state index in [-0.39, 0.29) is 16.8 Å². The highest BCUT2D eigenvalue weighted by atomic mass is 32.2. The molecule has 7 heteroatoms. The van der Waals surface area contributed by atoms with Crippen molar-refractivity contribution in [1.29, 1.82) is 0 Å². The Balaban J connectivity index is 1.85. The van der Waals surface area contributed by atoms with Crippen LogP contribution in [0.4, 0.5) is 5.69 Å². The third kappa shape index (κ3) is 4.95. The Labute approximate surface area is 179 Å². The smallest absolute Gasteiger partial charge is 0.262 e. The summed E-state index contributed by atoms with van der Waals surface area (Å²) < 4.78 is 34.1. The number of hydrogen-bond acceptors (Lipinski definition) is 4. The molecule has 1 amide bonds. The van der Waals surface area contributed by atoms with E-state index < -0.39 is 10.0 Å². The van der Waals surface area contributed by atoms with E-state index in [1.807, 2.05) is 11.8 Å². The minimum absolute atomic E-state index is 0.0981. The second-order valence-corrected chi connectivity index (χ2v) is 9.25. The summed E-state index contributed by atoms with van der Waals surface area (Å²) in [5, 5.41) is 0. The average molecular weight is 431 g/mol. The van der Waals surface area contributed by atoms with E-state index in [4.69, 9.17) is 4.74 Å². The first-order valence-corrected chi connectivity index (χ1v) is 12.0. The van der Waals surface area contributed by atoms with Crippen LogP contribution in [0.15, 0.2) is 47.4 Å². The second kappa shape index (κ2) is 9.51. The highest BCUT2D eigenvalue weighted by Gasteiger charge is 2.27. The fraction of sp³-hybridized carbons (Fsp3) is 0.435. The van der Waals surface area contributed by atoms with Crippen molar-refractivity contribution in [2.24, 2.45) is 0 Å². The van der Waals surface area contributed by atoms with Gasteiger partial charge >= 0.3 is 0 Å². The quantitative estimate of drug-likeness (QED) is 0.697. The molecule has 0 spiro atoms. The fourth-order valence-corrected chi connectivity index (χ4v) is 5.21. The zero-order valence-corrected chi connectivity index (χ0v) is 18.7. The molecular formula is C23H30N2O4S. The van der Waals surface area contributed by atoms with Gasteiger partial charge in [0.15, 0.2) is 0 Å². The number of rotatable bonds is 7. The molecule has 162 valence electrons. The van der Waals surface area contributed by atoms with Crippen LogP contribution in [0.1, 0.15) is 55.5 Å². The van der Waals surface area contributed by atoms with Crippen LogP contribution in [-0.2, 0) is 10.0 Å². The standard InChI is InChI=1S/C23H30N2O4S/c1-4-20-8-6-7-15-25(20)23(26)18-10-9-17(3)22(16-18)30(27,28)24-19-11-13-21(14-12-19)29-5-2/h9-14,16,20,24H,4-8,15H2,1-3H3. The number of hydrogen-bond donors (Lipinski definition) is 1. The van der Waals surface area contributed by atoms with Crippen LogP contribution in [-0.4, -0.2) is 38.4 Å². The van der Waals surface area contributed by atoms with Crippen molar-refractivity contribution in [1.82, 2.24) is 4.90 Å². The number of sulfonamides is 1. The highest BCUT2D eigenvalue weighted by Crippen LogP contribution is 2.26. The number of ether oxygens (including phenoxy) is 1. The van der Waals surface area contributed by atoms with Crippen molar-refractivity contribution in [3.8, 4) is 5.75 Å². The molecule has 30 heavy (non-hydrogen) atoms. The Kier molecular flexibility index (Phi) is 7.02. The predicted octanol–water partition coefficient (Wildman–Crippen LogP) is 4.60. The maximum atomic E-state index is 13.1. The molecule has 0 radical (unpaired) electrons. The Morgan fingerprint density at radius 1 is 1.13 bits per heavy atom. The number of anilines is 1. The van der Waals surface area contributed by atoms with Gasteiger partial charge in [0.25, 0.3) is 15.9 Å². The Morgan fingerprint density at radius 2 is 1.87 bits per heavy atom. The third-order valence-electron chi connectivity index (χ3n) is 5.50. The normalized spacial score (nSPS) is 16.9. The summed E-state index contributed by atoms with van der Waals surface area (Å²) in [6.45, 7) is 6.97. The Morgan fingerprint density at radius 3 is 2.53 bits per heavy atom. The first-order chi connectivity index (χ1) is 14.4. The molecule has 1 fully saturated rings. The van der Waals surface area contributed by atoms with Gasteiger partial charge in [0, 0.05) is 23.8 Å². The van der Waals surface area contributed by atoms with Crippen molar-refractivity contribution in [2.75, 3.05) is 17.9 Å². The van der Waals surface area contributed by atoms with Gasteiger partial charge in [-0.1, -0.05) is 13.0 Å². The van der Waals surface area contributed by atoms with Crippen LogP contribution in [0.25, 0.3) is 0 Å². The van der Waals surface area contributed by atoms with Crippen molar-refractivity contribution < 1.29 is 17.9 Å². The topological polar surface area (TPSA) is 75.7 Å². The average Bonchev–Trinajstić information content (AvgIpc) is 2.75. The van der Waals surface area contributed by atoms with E-state index in [0.29, 0.717) is 29.2 Å². The van der Waals surface area contributed by atoms with Crippen molar-refractivity contribution in [3.05, 3.63) is 53.6 Å². The van der Waals surface area contributed by atoms with E-state index in [1.54, 1.807) is 43.3 Å². The molecule has 0 aromatic heterocycles. The largest absolute Gasteiger partial charge is 0.494 e. The van der Waals surface area contributed by atoms with Crippen LogP contribution in [0.5, 0.6) is 5.75 Å². The Hall–Kier alpha value is -2.54. The summed E-state index contributed by atoms with van der Waals surface area (Å²) in [5.41, 5.74) is 1.44. The number of benzene rings is 2. The summed E-state index contributed by atoms with van der Waals surface area (Å²) in [4.78, 5) is 15.1. The van der Waals surface area contributed by atoms with Gasteiger partial charge in [-0.2, -0.15) is 0 Å². The minimum atomic E-state index is -3.84. The minimum Gasteiger partial charge on any atom is -0.494 e. The number of aryl methyl sites for hydroxylation is 1. The molecule has 0 aliphatic carbocycles. The fourth-order valence-electron chi connectivity index (χ4n) is 3.88. The zero-order chi connectivity index (χ0) is 21.7. The van der Waals surface area contributed by atoms with Crippen molar-refractivity contribution >= 4 is 21.6 Å². The molecule has 1 N–H and O–H groups in total. The third-order valence-corrected chi connectivity index (χ3v) is 7.02. The summed E-state index contributed by atoms with van der Waals surface area (Å²) in [6.07, 6.45) is 4.01. The number of likely N-dealkylation sites (tertiary alicyclic amines) is 1. The lowest BCUT2D eigenvalue weighted by molar-refractivity contribution is 0.0608. The first kappa shape index (κ1) is 22.2. The van der Waals surface area contributed by atoms with Gasteiger partial charge in [-0.15, -0.1) is 0 Å². The molecule has 3 rings (SSSR count). The van der Waals surface area contributed by atoms with Crippen LogP contribution in [0.3, 0.4) is 0 Å². The molecule has 1 atom stereocenters. The van der Waals surface area contributed by atoms with E-state index in [0.717, 1.165) is 32.2 Å². The molecule has 0 bridgehead atoms. The molecule has 2 aromatic carbocycles. The molecule has 1 saturated heterocycles. The van der Waals surface area contributed by atoms with Crippen LogP contribution >= 0.6 is 0 Å². The van der Waals surface area contributed by atoms with E-state index >= 15 is 0 Å². The van der Waals surface area contributed by atoms with Gasteiger partial charge in [0.1, 0.15) is 5.75 Å². The van der Waals surface area contributed by atoms with Crippen LogP contribution in [0, 0.1) is 6.92 Å². The summed E-state index contributed by atoms with van der Waals surface area (Å²) >= 11 is 0. The number of nitrogens with zero attached hydrogens (tertiary/aromatic N) is 1. The lowest BCUT2D eigenvalue weighted by Gasteiger charge is -2.35. The molecule has 6 nitrogen and oxygen atoms in total. The van der Waals surface area contributed by atoms with E-state index in [1.165, 1.54) is 6.07 Å². The molecule has 1 aliphatic heterocycles. The molecule has 0 saturated carbocycles. The second-order valence-electron chi connectivity index (χ2n) is 7.60. The molecule has 1 unspecified atom stereocenters. The number of carbonyl (C=O) groups is 1. The number of amides is 1. The lowest BCUT2D eigenvalue weighted by atomic mass is 9.98. The zero-order valence-electron chi connectivity index (χ0n) is 17.8. The Bertz CT molecular complexity index is 987. The highest BCUT2D eigenvalue weighted by molar-refractivity contribution is 7.92. The van der Waals surface area contributed by atoms with Gasteiger partial charge in [-0.3, -0.25) is 9.52 Å². The van der Waals surface area contributed by atoms with Gasteiger partial charge in [-0.25, -0.2) is 8.42 Å². The van der Waals surface area contributed by atoms with E-state index in [9.17, 15) is 13.2 Å². The monoisotopic (exact) mass is 430 g/mol. The van der Waals surface area contributed by atoms with Crippen LogP contribution in [0.2, 0.25) is 0 Å². The van der Waals surface area contributed by atoms with Crippen molar-refractivity contribution in [2.45, 2.75) is 57.4 Å². The predicted molar refractivity (Wildman–Crippen MR) is 119 cm³/mol. The van der Waals surface area contributed by atoms with Crippen LogP contribution < -0.4 is 9.46 Å². The van der Waals surface area contributed by atoms with Gasteiger partial charge in [-0.05, 0) is 81.5 Å². The van der Waals surface area contributed by atoms with Gasteiger partial charge in [0.05, 0.1) is 11.5 Å². The summed E-state index contributed by atoms with van der Waals surface area (Å²) in [6, 6.07) is 11.9. The van der Waals surface area contributed by atoms with Gasteiger partial charge < -0.3 is 9.64 Å². The van der Waals surface area contributed by atoms with Crippen molar-refractivity contribution in [3.63, 3.8) is 0 Å². The summed E-state index contributed by atoms with van der Waals surface area (Å²) in [5.74, 6) is 0.579. The number of nitrogens with one attached hydrogen (secondary N) is 1. The first-order valence-electron chi connectivity index (χ1n) is 10.5. The maximum absolute atomic E-state index is 13.1. The number of piperidine rings is 1. The number of carbonyl (C=O) groups excluding carboxylic acids is 1.